The molecule has 1 aromatic heterocycles. The lowest BCUT2D eigenvalue weighted by Gasteiger charge is -2.35. The van der Waals surface area contributed by atoms with E-state index in [-0.39, 0.29) is 5.91 Å². The van der Waals surface area contributed by atoms with E-state index in [1.807, 2.05) is 4.57 Å². The van der Waals surface area contributed by atoms with Crippen LogP contribution in [0.5, 0.6) is 0 Å². The van der Waals surface area contributed by atoms with Crippen LogP contribution in [0.25, 0.3) is 5.69 Å². The van der Waals surface area contributed by atoms with Gasteiger partial charge in [-0.2, -0.15) is 0 Å². The first-order chi connectivity index (χ1) is 12.1. The Morgan fingerprint density at radius 2 is 2.12 bits per heavy atom. The fraction of sp³-hybridized carbons (Fsp3) is 0.526. The Morgan fingerprint density at radius 1 is 1.28 bits per heavy atom. The summed E-state index contributed by atoms with van der Waals surface area (Å²) >= 11 is 1.47. The normalized spacial score (nSPS) is 17.7. The molecular formula is C19H26N4OS. The van der Waals surface area contributed by atoms with Gasteiger partial charge in [0.2, 0.25) is 5.91 Å². The van der Waals surface area contributed by atoms with Crippen LogP contribution in [0.15, 0.2) is 29.7 Å². The zero-order chi connectivity index (χ0) is 17.8. The van der Waals surface area contributed by atoms with E-state index in [1.165, 1.54) is 29.3 Å². The Bertz CT molecular complexity index is 743. The van der Waals surface area contributed by atoms with Gasteiger partial charge in [0.25, 0.3) is 0 Å². The average molecular weight is 359 g/mol. The highest BCUT2D eigenvalue weighted by atomic mass is 32.2. The lowest BCUT2D eigenvalue weighted by atomic mass is 10.0. The van der Waals surface area contributed by atoms with E-state index in [1.54, 1.807) is 6.33 Å². The van der Waals surface area contributed by atoms with E-state index in [4.69, 9.17) is 0 Å². The summed E-state index contributed by atoms with van der Waals surface area (Å²) in [4.78, 5) is 14.7. The van der Waals surface area contributed by atoms with Crippen molar-refractivity contribution in [3.8, 4) is 5.69 Å². The van der Waals surface area contributed by atoms with Gasteiger partial charge < -0.3 is 4.90 Å². The van der Waals surface area contributed by atoms with Crippen molar-refractivity contribution in [3.05, 3.63) is 35.7 Å². The Kier molecular flexibility index (Phi) is 5.78. The molecule has 6 heteroatoms. The summed E-state index contributed by atoms with van der Waals surface area (Å²) in [6, 6.07) is 6.70. The fourth-order valence-corrected chi connectivity index (χ4v) is 4.15. The third-order valence-corrected chi connectivity index (χ3v) is 5.96. The highest BCUT2D eigenvalue weighted by Crippen LogP contribution is 2.24. The van der Waals surface area contributed by atoms with Gasteiger partial charge in [-0.1, -0.05) is 24.8 Å². The van der Waals surface area contributed by atoms with Gasteiger partial charge in [-0.15, -0.1) is 10.2 Å². The van der Waals surface area contributed by atoms with Crippen LogP contribution < -0.4 is 0 Å². The largest absolute Gasteiger partial charge is 0.339 e. The molecule has 1 aliphatic rings. The molecule has 0 radical (unpaired) electrons. The first kappa shape index (κ1) is 18.0. The molecule has 1 amide bonds. The lowest BCUT2D eigenvalue weighted by molar-refractivity contribution is -0.132. The van der Waals surface area contributed by atoms with Gasteiger partial charge >= 0.3 is 0 Å². The quantitative estimate of drug-likeness (QED) is 0.764. The first-order valence-corrected chi connectivity index (χ1v) is 9.98. The molecule has 0 spiro atoms. The van der Waals surface area contributed by atoms with Crippen molar-refractivity contribution in [2.75, 3.05) is 12.3 Å². The minimum Gasteiger partial charge on any atom is -0.339 e. The Hall–Kier alpha value is -1.82. The molecule has 1 fully saturated rings. The van der Waals surface area contributed by atoms with E-state index < -0.39 is 0 Å². The molecule has 1 saturated heterocycles. The van der Waals surface area contributed by atoms with Gasteiger partial charge in [0.1, 0.15) is 6.33 Å². The van der Waals surface area contributed by atoms with Gasteiger partial charge in [0.05, 0.1) is 5.75 Å². The van der Waals surface area contributed by atoms with Gasteiger partial charge in [0.15, 0.2) is 5.16 Å². The van der Waals surface area contributed by atoms with Gasteiger partial charge in [-0.3, -0.25) is 9.36 Å². The molecule has 25 heavy (non-hydrogen) atoms. The van der Waals surface area contributed by atoms with Crippen molar-refractivity contribution in [2.45, 2.75) is 57.7 Å². The predicted molar refractivity (Wildman–Crippen MR) is 101 cm³/mol. The molecule has 0 saturated carbocycles. The Labute approximate surface area is 153 Å². The minimum atomic E-state index is 0.214. The molecule has 2 heterocycles. The van der Waals surface area contributed by atoms with E-state index in [0.29, 0.717) is 11.8 Å². The molecule has 3 rings (SSSR count). The SMILES string of the molecule is CCC1CCCCN1C(=O)CSc1nncn1-c1ccc(C)c(C)c1. The number of thioether (sulfide) groups is 1. The number of likely N-dealkylation sites (tertiary alicyclic amines) is 1. The van der Waals surface area contributed by atoms with Gasteiger partial charge in [0, 0.05) is 18.3 Å². The van der Waals surface area contributed by atoms with Crippen LogP contribution in [0, 0.1) is 13.8 Å². The molecule has 0 N–H and O–H groups in total. The van der Waals surface area contributed by atoms with Crippen LogP contribution in [0.3, 0.4) is 0 Å². The summed E-state index contributed by atoms with van der Waals surface area (Å²) in [6.45, 7) is 7.25. The molecule has 5 nitrogen and oxygen atoms in total. The number of carbonyl (C=O) groups is 1. The second-order valence-corrected chi connectivity index (χ2v) is 7.63. The van der Waals surface area contributed by atoms with Crippen molar-refractivity contribution in [1.29, 1.82) is 0 Å². The number of benzene rings is 1. The van der Waals surface area contributed by atoms with E-state index in [0.717, 1.165) is 36.7 Å². The number of amides is 1. The number of aryl methyl sites for hydroxylation is 2. The summed E-state index contributed by atoms with van der Waals surface area (Å²) in [5.41, 5.74) is 3.53. The molecule has 2 aromatic rings. The monoisotopic (exact) mass is 358 g/mol. The maximum atomic E-state index is 12.7. The fourth-order valence-electron chi connectivity index (χ4n) is 3.34. The van der Waals surface area contributed by atoms with Crippen molar-refractivity contribution in [2.24, 2.45) is 0 Å². The van der Waals surface area contributed by atoms with Crippen LogP contribution in [0.1, 0.15) is 43.7 Å². The number of aromatic nitrogens is 3. The predicted octanol–water partition coefficient (Wildman–Crippen LogP) is 3.77. The van der Waals surface area contributed by atoms with Gasteiger partial charge in [-0.25, -0.2) is 0 Å². The van der Waals surface area contributed by atoms with Crippen LogP contribution in [0.2, 0.25) is 0 Å². The number of hydrogen-bond donors (Lipinski definition) is 0. The molecule has 0 aliphatic carbocycles. The molecule has 1 aliphatic heterocycles. The highest BCUT2D eigenvalue weighted by molar-refractivity contribution is 7.99. The summed E-state index contributed by atoms with van der Waals surface area (Å²) < 4.78 is 1.96. The number of rotatable bonds is 5. The zero-order valence-electron chi connectivity index (χ0n) is 15.2. The summed E-state index contributed by atoms with van der Waals surface area (Å²) in [5.74, 6) is 0.631. The van der Waals surface area contributed by atoms with Crippen molar-refractivity contribution in [1.82, 2.24) is 19.7 Å². The molecule has 1 atom stereocenters. The van der Waals surface area contributed by atoms with Crippen molar-refractivity contribution >= 4 is 17.7 Å². The smallest absolute Gasteiger partial charge is 0.233 e. The van der Waals surface area contributed by atoms with E-state index in [9.17, 15) is 4.79 Å². The third-order valence-electron chi connectivity index (χ3n) is 5.03. The zero-order valence-corrected chi connectivity index (χ0v) is 16.1. The topological polar surface area (TPSA) is 51.0 Å². The maximum Gasteiger partial charge on any atom is 0.233 e. The lowest BCUT2D eigenvalue weighted by Crippen LogP contribution is -2.44. The van der Waals surface area contributed by atoms with Crippen LogP contribution in [-0.2, 0) is 4.79 Å². The highest BCUT2D eigenvalue weighted by Gasteiger charge is 2.25. The number of piperidine rings is 1. The molecule has 134 valence electrons. The molecule has 1 unspecified atom stereocenters. The van der Waals surface area contributed by atoms with Crippen LogP contribution in [0.4, 0.5) is 0 Å². The van der Waals surface area contributed by atoms with Crippen LogP contribution in [-0.4, -0.2) is 43.9 Å². The van der Waals surface area contributed by atoms with E-state index in [2.05, 4.69) is 54.1 Å². The number of nitrogens with zero attached hydrogens (tertiary/aromatic N) is 4. The minimum absolute atomic E-state index is 0.214. The number of carbonyl (C=O) groups excluding carboxylic acids is 1. The molecule has 0 bridgehead atoms. The van der Waals surface area contributed by atoms with Crippen molar-refractivity contribution in [3.63, 3.8) is 0 Å². The molecular weight excluding hydrogens is 332 g/mol. The summed E-state index contributed by atoms with van der Waals surface area (Å²) in [5, 5.41) is 9.01. The second-order valence-electron chi connectivity index (χ2n) is 6.69. The van der Waals surface area contributed by atoms with Crippen molar-refractivity contribution < 1.29 is 4.79 Å². The van der Waals surface area contributed by atoms with E-state index >= 15 is 0 Å². The summed E-state index contributed by atoms with van der Waals surface area (Å²) in [7, 11) is 0. The average Bonchev–Trinajstić information content (AvgIpc) is 3.10. The van der Waals surface area contributed by atoms with Gasteiger partial charge in [-0.05, 0) is 62.8 Å². The first-order valence-electron chi connectivity index (χ1n) is 9.00. The third kappa shape index (κ3) is 4.06. The Balaban J connectivity index is 1.69. The maximum absolute atomic E-state index is 12.7. The second kappa shape index (κ2) is 8.04. The Morgan fingerprint density at radius 3 is 2.88 bits per heavy atom. The summed E-state index contributed by atoms with van der Waals surface area (Å²) in [6.07, 6.45) is 6.23. The molecule has 1 aromatic carbocycles. The number of hydrogen-bond acceptors (Lipinski definition) is 4. The van der Waals surface area contributed by atoms with Crippen LogP contribution >= 0.6 is 11.8 Å². The standard InChI is InChI=1S/C19H26N4OS/c1-4-16-7-5-6-10-22(16)18(24)12-25-19-21-20-13-23(19)17-9-8-14(2)15(3)11-17/h8-9,11,13,16H,4-7,10,12H2,1-3H3.